The largest absolute Gasteiger partial charge is 0.338 e. The standard InChI is InChI=1S/C14H18N2O/c1-14(2,3)15-9-11-8-10-6-4-5-7-12(10)16-13(11)17/h4-8,15H,9H2,1-3H3,(H,16,17)/p+1. The Hall–Kier alpha value is -1.61. The van der Waals surface area contributed by atoms with Crippen LogP contribution in [0.5, 0.6) is 0 Å². The number of quaternary nitrogens is 1. The number of aromatic nitrogens is 1. The molecule has 0 radical (unpaired) electrons. The maximum Gasteiger partial charge on any atom is 0.257 e. The summed E-state index contributed by atoms with van der Waals surface area (Å²) in [6.45, 7) is 7.14. The average Bonchev–Trinajstić information content (AvgIpc) is 2.25. The number of H-pyrrole nitrogens is 1. The van der Waals surface area contributed by atoms with Gasteiger partial charge in [0.15, 0.2) is 0 Å². The molecule has 1 aromatic carbocycles. The molecular formula is C14H19N2O+. The molecule has 90 valence electrons. The van der Waals surface area contributed by atoms with Crippen LogP contribution in [0, 0.1) is 0 Å². The molecule has 0 amide bonds. The van der Waals surface area contributed by atoms with Gasteiger partial charge in [-0.25, -0.2) is 0 Å². The third-order valence-electron chi connectivity index (χ3n) is 2.76. The molecule has 0 saturated heterocycles. The van der Waals surface area contributed by atoms with Crippen molar-refractivity contribution in [3.8, 4) is 0 Å². The van der Waals surface area contributed by atoms with Gasteiger partial charge in [0.05, 0.1) is 11.1 Å². The van der Waals surface area contributed by atoms with E-state index in [1.54, 1.807) is 0 Å². The third kappa shape index (κ3) is 2.94. The first kappa shape index (κ1) is 11.9. The Kier molecular flexibility index (Phi) is 3.03. The molecule has 0 aliphatic heterocycles. The predicted molar refractivity (Wildman–Crippen MR) is 70.0 cm³/mol. The van der Waals surface area contributed by atoms with Crippen molar-refractivity contribution in [1.82, 2.24) is 4.98 Å². The Morgan fingerprint density at radius 3 is 2.65 bits per heavy atom. The maximum absolute atomic E-state index is 11.9. The number of fused-ring (bicyclic) bond motifs is 1. The second kappa shape index (κ2) is 4.34. The van der Waals surface area contributed by atoms with Crippen molar-refractivity contribution in [3.63, 3.8) is 0 Å². The van der Waals surface area contributed by atoms with Crippen molar-refractivity contribution in [2.75, 3.05) is 0 Å². The van der Waals surface area contributed by atoms with Gasteiger partial charge in [-0.3, -0.25) is 4.79 Å². The van der Waals surface area contributed by atoms with E-state index < -0.39 is 0 Å². The average molecular weight is 231 g/mol. The van der Waals surface area contributed by atoms with E-state index in [9.17, 15) is 4.79 Å². The van der Waals surface area contributed by atoms with Gasteiger partial charge in [0.2, 0.25) is 0 Å². The summed E-state index contributed by atoms with van der Waals surface area (Å²) in [5.41, 5.74) is 1.89. The van der Waals surface area contributed by atoms with Crippen LogP contribution < -0.4 is 10.9 Å². The molecule has 1 aromatic heterocycles. The van der Waals surface area contributed by atoms with Crippen LogP contribution in [-0.4, -0.2) is 10.5 Å². The molecule has 2 aromatic rings. The van der Waals surface area contributed by atoms with Crippen LogP contribution in [0.2, 0.25) is 0 Å². The number of benzene rings is 1. The fourth-order valence-corrected chi connectivity index (χ4v) is 1.76. The summed E-state index contributed by atoms with van der Waals surface area (Å²) < 4.78 is 0. The summed E-state index contributed by atoms with van der Waals surface area (Å²) in [5, 5.41) is 3.26. The first-order valence-corrected chi connectivity index (χ1v) is 5.91. The van der Waals surface area contributed by atoms with Gasteiger partial charge < -0.3 is 10.3 Å². The van der Waals surface area contributed by atoms with Crippen LogP contribution in [-0.2, 0) is 6.54 Å². The maximum atomic E-state index is 11.9. The van der Waals surface area contributed by atoms with E-state index in [1.165, 1.54) is 0 Å². The highest BCUT2D eigenvalue weighted by Crippen LogP contribution is 2.09. The Balaban J connectivity index is 2.35. The Labute approximate surface area is 101 Å². The van der Waals surface area contributed by atoms with Crippen molar-refractivity contribution < 1.29 is 5.32 Å². The SMILES string of the molecule is CC(C)(C)[NH2+]Cc1cc2ccccc2[nH]c1=O. The van der Waals surface area contributed by atoms with E-state index in [2.05, 4.69) is 31.1 Å². The van der Waals surface area contributed by atoms with Gasteiger partial charge in [-0.15, -0.1) is 0 Å². The lowest BCUT2D eigenvalue weighted by molar-refractivity contribution is -0.731. The lowest BCUT2D eigenvalue weighted by Gasteiger charge is -2.16. The first-order valence-electron chi connectivity index (χ1n) is 5.91. The number of nitrogens with one attached hydrogen (secondary N) is 1. The summed E-state index contributed by atoms with van der Waals surface area (Å²) in [4.78, 5) is 14.8. The lowest BCUT2D eigenvalue weighted by atomic mass is 10.1. The van der Waals surface area contributed by atoms with Gasteiger partial charge in [0.25, 0.3) is 5.56 Å². The first-order chi connectivity index (χ1) is 7.96. The molecule has 2 rings (SSSR count). The molecule has 0 aliphatic rings. The Morgan fingerprint density at radius 1 is 1.24 bits per heavy atom. The summed E-state index contributed by atoms with van der Waals surface area (Å²) in [6.07, 6.45) is 0. The van der Waals surface area contributed by atoms with Crippen LogP contribution >= 0.6 is 0 Å². The van der Waals surface area contributed by atoms with E-state index in [-0.39, 0.29) is 11.1 Å². The van der Waals surface area contributed by atoms with Crippen molar-refractivity contribution in [2.45, 2.75) is 32.9 Å². The molecule has 0 spiro atoms. The minimum Gasteiger partial charge on any atom is -0.338 e. The van der Waals surface area contributed by atoms with E-state index in [1.807, 2.05) is 30.3 Å². The number of hydrogen-bond donors (Lipinski definition) is 2. The quantitative estimate of drug-likeness (QED) is 0.806. The van der Waals surface area contributed by atoms with Crippen molar-refractivity contribution in [1.29, 1.82) is 0 Å². The number of para-hydroxylation sites is 1. The smallest absolute Gasteiger partial charge is 0.257 e. The molecule has 0 unspecified atom stereocenters. The van der Waals surface area contributed by atoms with E-state index in [4.69, 9.17) is 0 Å². The number of nitrogens with two attached hydrogens (primary N) is 1. The zero-order chi connectivity index (χ0) is 12.5. The number of aromatic amines is 1. The second-order valence-corrected chi connectivity index (χ2v) is 5.49. The Bertz CT molecular complexity index is 579. The van der Waals surface area contributed by atoms with E-state index >= 15 is 0 Å². The molecule has 0 aliphatic carbocycles. The number of hydrogen-bond acceptors (Lipinski definition) is 1. The molecular weight excluding hydrogens is 212 g/mol. The molecule has 17 heavy (non-hydrogen) atoms. The molecule has 3 N–H and O–H groups in total. The minimum atomic E-state index is 0.0178. The van der Waals surface area contributed by atoms with Crippen LogP contribution in [0.1, 0.15) is 26.3 Å². The fourth-order valence-electron chi connectivity index (χ4n) is 1.76. The lowest BCUT2D eigenvalue weighted by Crippen LogP contribution is -2.93. The highest BCUT2D eigenvalue weighted by molar-refractivity contribution is 5.78. The second-order valence-electron chi connectivity index (χ2n) is 5.49. The van der Waals surface area contributed by atoms with Gasteiger partial charge in [-0.05, 0) is 38.3 Å². The van der Waals surface area contributed by atoms with Gasteiger partial charge in [-0.2, -0.15) is 0 Å². The molecule has 0 atom stereocenters. The topological polar surface area (TPSA) is 49.5 Å². The van der Waals surface area contributed by atoms with Crippen molar-refractivity contribution in [2.24, 2.45) is 0 Å². The number of pyridine rings is 1. The molecule has 3 heteroatoms. The van der Waals surface area contributed by atoms with Gasteiger partial charge in [-0.1, -0.05) is 18.2 Å². The zero-order valence-electron chi connectivity index (χ0n) is 10.6. The van der Waals surface area contributed by atoms with Gasteiger partial charge in [0, 0.05) is 5.52 Å². The Morgan fingerprint density at radius 2 is 1.94 bits per heavy atom. The highest BCUT2D eigenvalue weighted by Gasteiger charge is 2.14. The summed E-state index contributed by atoms with van der Waals surface area (Å²) >= 11 is 0. The zero-order valence-corrected chi connectivity index (χ0v) is 10.6. The molecule has 0 fully saturated rings. The van der Waals surface area contributed by atoms with E-state index in [0.29, 0.717) is 6.54 Å². The summed E-state index contributed by atoms with van der Waals surface area (Å²) in [6, 6.07) is 9.84. The summed E-state index contributed by atoms with van der Waals surface area (Å²) in [7, 11) is 0. The van der Waals surface area contributed by atoms with Gasteiger partial charge in [0.1, 0.15) is 6.54 Å². The van der Waals surface area contributed by atoms with Crippen molar-refractivity contribution >= 4 is 10.9 Å². The molecule has 3 nitrogen and oxygen atoms in total. The van der Waals surface area contributed by atoms with Crippen LogP contribution in [0.15, 0.2) is 35.1 Å². The molecule has 0 bridgehead atoms. The highest BCUT2D eigenvalue weighted by atomic mass is 16.1. The molecule has 0 saturated carbocycles. The predicted octanol–water partition coefficient (Wildman–Crippen LogP) is 1.39. The van der Waals surface area contributed by atoms with Crippen LogP contribution in [0.25, 0.3) is 10.9 Å². The summed E-state index contributed by atoms with van der Waals surface area (Å²) in [5.74, 6) is 0. The van der Waals surface area contributed by atoms with Gasteiger partial charge >= 0.3 is 0 Å². The van der Waals surface area contributed by atoms with Crippen LogP contribution in [0.4, 0.5) is 0 Å². The number of rotatable bonds is 2. The monoisotopic (exact) mass is 231 g/mol. The van der Waals surface area contributed by atoms with Crippen molar-refractivity contribution in [3.05, 3.63) is 46.2 Å². The normalized spacial score (nSPS) is 11.9. The minimum absolute atomic E-state index is 0.0178. The van der Waals surface area contributed by atoms with E-state index in [0.717, 1.165) is 16.5 Å². The fraction of sp³-hybridized carbons (Fsp3) is 0.357. The molecule has 1 heterocycles. The third-order valence-corrected chi connectivity index (χ3v) is 2.76. The van der Waals surface area contributed by atoms with Crippen LogP contribution in [0.3, 0.4) is 0 Å².